The summed E-state index contributed by atoms with van der Waals surface area (Å²) in [5.74, 6) is -0.860. The van der Waals surface area contributed by atoms with Gasteiger partial charge < -0.3 is 11.1 Å². The summed E-state index contributed by atoms with van der Waals surface area (Å²) in [5, 5.41) is 2.98. The summed E-state index contributed by atoms with van der Waals surface area (Å²) in [6.45, 7) is 0. The Morgan fingerprint density at radius 3 is 2.58 bits per heavy atom. The van der Waals surface area contributed by atoms with Crippen LogP contribution in [0, 0.1) is 11.8 Å². The van der Waals surface area contributed by atoms with Crippen LogP contribution in [0.1, 0.15) is 30.0 Å². The maximum atomic E-state index is 13.6. The predicted octanol–water partition coefficient (Wildman–Crippen LogP) is 1.74. The first kappa shape index (κ1) is 23.3. The molecule has 0 spiro atoms. The molecule has 0 bridgehead atoms. The van der Waals surface area contributed by atoms with Crippen LogP contribution < -0.4 is 16.0 Å². The molecule has 2 aliphatic rings. The fraction of sp³-hybridized carbons (Fsp3) is 0.320. The predicted molar refractivity (Wildman–Crippen MR) is 130 cm³/mol. The fourth-order valence-electron chi connectivity index (χ4n) is 4.56. The number of rotatable bonds is 7. The first-order valence-corrected chi connectivity index (χ1v) is 11.7. The molecule has 1 aliphatic heterocycles. The SMILES string of the molecule is CN(C(=O)[C@@H]1[C@@H](Cc2ccnc(N)c2)C(=O)N1C(=O)N[C@@H](c1cccnc1)C1CC1)c1ncccn1. The quantitative estimate of drug-likeness (QED) is 0.480. The number of anilines is 2. The molecule has 3 atom stereocenters. The van der Waals surface area contributed by atoms with E-state index in [-0.39, 0.29) is 24.3 Å². The zero-order chi connectivity index (χ0) is 25.2. The average Bonchev–Trinajstić information content (AvgIpc) is 3.74. The third-order valence-corrected chi connectivity index (χ3v) is 6.59. The summed E-state index contributed by atoms with van der Waals surface area (Å²) < 4.78 is 0. The molecule has 0 aromatic carbocycles. The highest BCUT2D eigenvalue weighted by atomic mass is 16.2. The van der Waals surface area contributed by atoms with Gasteiger partial charge in [0.1, 0.15) is 11.9 Å². The summed E-state index contributed by atoms with van der Waals surface area (Å²) in [6.07, 6.45) is 10.1. The molecule has 36 heavy (non-hydrogen) atoms. The molecular weight excluding hydrogens is 460 g/mol. The van der Waals surface area contributed by atoms with E-state index in [0.29, 0.717) is 5.82 Å². The van der Waals surface area contributed by atoms with Crippen molar-refractivity contribution >= 4 is 29.6 Å². The number of nitrogens with two attached hydrogens (primary N) is 1. The maximum Gasteiger partial charge on any atom is 0.325 e. The van der Waals surface area contributed by atoms with E-state index >= 15 is 0 Å². The molecule has 5 rings (SSSR count). The van der Waals surface area contributed by atoms with Crippen LogP contribution in [0.15, 0.2) is 61.3 Å². The summed E-state index contributed by atoms with van der Waals surface area (Å²) >= 11 is 0. The second-order valence-electron chi connectivity index (χ2n) is 9.05. The minimum absolute atomic E-state index is 0.181. The summed E-state index contributed by atoms with van der Waals surface area (Å²) in [6, 6.07) is 6.83. The van der Waals surface area contributed by atoms with Crippen molar-refractivity contribution in [2.45, 2.75) is 31.3 Å². The number of β-lactam (4-membered cyclic amide) rings is 1. The first-order chi connectivity index (χ1) is 17.4. The van der Waals surface area contributed by atoms with Crippen molar-refractivity contribution in [1.82, 2.24) is 30.2 Å². The Bertz CT molecular complexity index is 1270. The maximum absolute atomic E-state index is 13.6. The van der Waals surface area contributed by atoms with Crippen molar-refractivity contribution in [2.24, 2.45) is 11.8 Å². The van der Waals surface area contributed by atoms with Gasteiger partial charge in [-0.1, -0.05) is 6.07 Å². The van der Waals surface area contributed by atoms with Crippen molar-refractivity contribution in [3.8, 4) is 0 Å². The number of hydrogen-bond acceptors (Lipinski definition) is 8. The third kappa shape index (κ3) is 4.59. The monoisotopic (exact) mass is 486 g/mol. The Balaban J connectivity index is 1.41. The molecule has 1 aliphatic carbocycles. The van der Waals surface area contributed by atoms with Crippen LogP contribution in [0.5, 0.6) is 0 Å². The van der Waals surface area contributed by atoms with Gasteiger partial charge in [-0.15, -0.1) is 0 Å². The van der Waals surface area contributed by atoms with Crippen LogP contribution in [0.3, 0.4) is 0 Å². The summed E-state index contributed by atoms with van der Waals surface area (Å²) in [4.78, 5) is 59.0. The number of nitrogen functional groups attached to an aromatic ring is 1. The van der Waals surface area contributed by atoms with Crippen LogP contribution in [-0.4, -0.2) is 55.8 Å². The number of carbonyl (C=O) groups excluding carboxylic acids is 3. The molecular formula is C25H26N8O3. The summed E-state index contributed by atoms with van der Waals surface area (Å²) in [5.41, 5.74) is 7.42. The van der Waals surface area contributed by atoms with Gasteiger partial charge >= 0.3 is 6.03 Å². The zero-order valence-corrected chi connectivity index (χ0v) is 19.7. The number of likely N-dealkylation sites (tertiary alicyclic amines) is 1. The molecule has 3 aromatic rings. The molecule has 184 valence electrons. The minimum Gasteiger partial charge on any atom is -0.384 e. The Morgan fingerprint density at radius 2 is 1.92 bits per heavy atom. The van der Waals surface area contributed by atoms with E-state index in [1.807, 2.05) is 12.1 Å². The van der Waals surface area contributed by atoms with E-state index < -0.39 is 29.8 Å². The van der Waals surface area contributed by atoms with Crippen molar-refractivity contribution in [2.75, 3.05) is 17.7 Å². The van der Waals surface area contributed by atoms with Crippen LogP contribution in [0.25, 0.3) is 0 Å². The fourth-order valence-corrected chi connectivity index (χ4v) is 4.56. The molecule has 0 radical (unpaired) electrons. The molecule has 4 amide bonds. The second-order valence-corrected chi connectivity index (χ2v) is 9.05. The van der Waals surface area contributed by atoms with Crippen molar-refractivity contribution < 1.29 is 14.4 Å². The molecule has 4 heterocycles. The second kappa shape index (κ2) is 9.68. The van der Waals surface area contributed by atoms with E-state index in [2.05, 4.69) is 25.3 Å². The highest BCUT2D eigenvalue weighted by Gasteiger charge is 2.56. The number of urea groups is 1. The zero-order valence-electron chi connectivity index (χ0n) is 19.7. The minimum atomic E-state index is -1.02. The average molecular weight is 487 g/mol. The number of likely N-dealkylation sites (N-methyl/N-ethyl adjacent to an activating group) is 1. The molecule has 11 heteroatoms. The molecule has 1 saturated carbocycles. The van der Waals surface area contributed by atoms with Crippen LogP contribution in [0.4, 0.5) is 16.6 Å². The van der Waals surface area contributed by atoms with E-state index in [9.17, 15) is 14.4 Å². The third-order valence-electron chi connectivity index (χ3n) is 6.59. The normalized spacial score (nSPS) is 19.8. The van der Waals surface area contributed by atoms with Gasteiger partial charge in [-0.2, -0.15) is 0 Å². The molecule has 2 fully saturated rings. The number of imide groups is 1. The van der Waals surface area contributed by atoms with Crippen LogP contribution in [-0.2, 0) is 16.0 Å². The molecule has 3 aromatic heterocycles. The number of carbonyl (C=O) groups is 3. The lowest BCUT2D eigenvalue weighted by molar-refractivity contribution is -0.156. The van der Waals surface area contributed by atoms with Gasteiger partial charge in [-0.3, -0.25) is 24.4 Å². The number of hydrogen-bond donors (Lipinski definition) is 2. The number of pyridine rings is 2. The van der Waals surface area contributed by atoms with Gasteiger partial charge in [0.15, 0.2) is 0 Å². The Kier molecular flexibility index (Phi) is 6.28. The van der Waals surface area contributed by atoms with Crippen LogP contribution in [0.2, 0.25) is 0 Å². The molecule has 1 saturated heterocycles. The Morgan fingerprint density at radius 1 is 1.14 bits per heavy atom. The standard InChI is InChI=1S/C25H26N8O3/c1-32(24-29-9-3-10-30-24)23(35)21-18(12-15-7-11-28-19(26)13-15)22(34)33(21)25(36)31-20(16-5-6-16)17-4-2-8-27-14-17/h2-4,7-11,13-14,16,18,20-21H,5-6,12H2,1H3,(H2,26,28)(H,31,36)/t18-,20-,21+/m1/s1. The van der Waals surface area contributed by atoms with Crippen molar-refractivity contribution in [3.63, 3.8) is 0 Å². The topological polar surface area (TPSA) is 147 Å². The van der Waals surface area contributed by atoms with E-state index in [0.717, 1.165) is 28.9 Å². The van der Waals surface area contributed by atoms with Gasteiger partial charge in [0.25, 0.3) is 5.91 Å². The lowest BCUT2D eigenvalue weighted by Crippen LogP contribution is -2.70. The Hall–Kier alpha value is -4.41. The Labute approximate surface area is 207 Å². The lowest BCUT2D eigenvalue weighted by atomic mass is 9.81. The van der Waals surface area contributed by atoms with Gasteiger partial charge in [0.05, 0.1) is 12.0 Å². The van der Waals surface area contributed by atoms with E-state index in [1.54, 1.807) is 36.8 Å². The van der Waals surface area contributed by atoms with E-state index in [1.165, 1.54) is 24.3 Å². The number of amides is 4. The van der Waals surface area contributed by atoms with Gasteiger partial charge in [-0.25, -0.2) is 19.7 Å². The van der Waals surface area contributed by atoms with E-state index in [4.69, 9.17) is 5.73 Å². The first-order valence-electron chi connectivity index (χ1n) is 11.7. The number of nitrogens with one attached hydrogen (secondary N) is 1. The number of aromatic nitrogens is 4. The largest absolute Gasteiger partial charge is 0.384 e. The van der Waals surface area contributed by atoms with Gasteiger partial charge in [0, 0.05) is 38.0 Å². The van der Waals surface area contributed by atoms with Gasteiger partial charge in [-0.05, 0) is 60.6 Å². The lowest BCUT2D eigenvalue weighted by Gasteiger charge is -2.45. The number of nitrogens with zero attached hydrogens (tertiary/aromatic N) is 6. The molecule has 0 unspecified atom stereocenters. The van der Waals surface area contributed by atoms with Crippen molar-refractivity contribution in [3.05, 3.63) is 72.4 Å². The highest BCUT2D eigenvalue weighted by molar-refractivity contribution is 6.12. The highest BCUT2D eigenvalue weighted by Crippen LogP contribution is 2.41. The molecule has 3 N–H and O–H groups in total. The molecule has 11 nitrogen and oxygen atoms in total. The van der Waals surface area contributed by atoms with Gasteiger partial charge in [0.2, 0.25) is 11.9 Å². The summed E-state index contributed by atoms with van der Waals surface area (Å²) in [7, 11) is 1.53. The smallest absolute Gasteiger partial charge is 0.325 e. The van der Waals surface area contributed by atoms with Crippen molar-refractivity contribution in [1.29, 1.82) is 0 Å². The van der Waals surface area contributed by atoms with Crippen LogP contribution >= 0.6 is 0 Å².